The molecule has 1 aromatic carbocycles. The Balaban J connectivity index is 3.23. The zero-order valence-electron chi connectivity index (χ0n) is 14.6. The number of amides is 1. The van der Waals surface area contributed by atoms with E-state index in [-0.39, 0.29) is 5.56 Å². The van der Waals surface area contributed by atoms with E-state index >= 15 is 0 Å². The molecule has 1 rings (SSSR count). The van der Waals surface area contributed by atoms with Crippen molar-refractivity contribution in [3.8, 4) is 12.3 Å². The first-order chi connectivity index (χ1) is 11.7. The van der Waals surface area contributed by atoms with Crippen LogP contribution in [-0.2, 0) is 10.9 Å². The van der Waals surface area contributed by atoms with Crippen molar-refractivity contribution in [1.29, 1.82) is 0 Å². The van der Waals surface area contributed by atoms with Gasteiger partial charge in [0, 0.05) is 19.3 Å². The topological polar surface area (TPSA) is 50.4 Å². The molecule has 0 radical (unpaired) electrons. The van der Waals surface area contributed by atoms with Gasteiger partial charge < -0.3 is 15.4 Å². The maximum Gasteiger partial charge on any atom is 0.416 e. The summed E-state index contributed by atoms with van der Waals surface area (Å²) in [6.07, 6.45) is 1.91. The third-order valence-electron chi connectivity index (χ3n) is 4.05. The van der Waals surface area contributed by atoms with Gasteiger partial charge in [-0.2, -0.15) is 13.2 Å². The molecule has 0 aliphatic heterocycles. The van der Waals surface area contributed by atoms with Crippen LogP contribution in [0.25, 0.3) is 0 Å². The Kier molecular flexibility index (Phi) is 7.31. The van der Waals surface area contributed by atoms with Crippen molar-refractivity contribution in [2.45, 2.75) is 38.4 Å². The van der Waals surface area contributed by atoms with Crippen molar-refractivity contribution < 1.29 is 22.7 Å². The molecule has 0 atom stereocenters. The monoisotopic (exact) mass is 356 g/mol. The van der Waals surface area contributed by atoms with Gasteiger partial charge in [0.25, 0.3) is 5.91 Å². The number of benzene rings is 1. The van der Waals surface area contributed by atoms with Crippen molar-refractivity contribution >= 4 is 11.6 Å². The van der Waals surface area contributed by atoms with Gasteiger partial charge in [0.15, 0.2) is 0 Å². The molecule has 0 aliphatic carbocycles. The van der Waals surface area contributed by atoms with Crippen molar-refractivity contribution in [3.05, 3.63) is 29.3 Å². The van der Waals surface area contributed by atoms with Crippen molar-refractivity contribution in [2.24, 2.45) is 0 Å². The van der Waals surface area contributed by atoms with Crippen LogP contribution in [0, 0.1) is 12.3 Å². The molecule has 0 saturated carbocycles. The van der Waals surface area contributed by atoms with Crippen LogP contribution in [0.15, 0.2) is 18.2 Å². The Morgan fingerprint density at radius 3 is 2.40 bits per heavy atom. The first-order valence-electron chi connectivity index (χ1n) is 7.97. The molecular weight excluding hydrogens is 333 g/mol. The minimum atomic E-state index is -4.54. The van der Waals surface area contributed by atoms with Crippen LogP contribution in [0.2, 0.25) is 0 Å². The number of methoxy groups -OCH3 is 1. The molecule has 0 aliphatic rings. The summed E-state index contributed by atoms with van der Waals surface area (Å²) in [5, 5.41) is 5.60. The minimum Gasteiger partial charge on any atom is -0.383 e. The number of alkyl halides is 3. The minimum absolute atomic E-state index is 0.104. The van der Waals surface area contributed by atoms with Crippen LogP contribution in [-0.4, -0.2) is 31.7 Å². The fourth-order valence-corrected chi connectivity index (χ4v) is 2.30. The van der Waals surface area contributed by atoms with Gasteiger partial charge in [0.05, 0.1) is 17.7 Å². The van der Waals surface area contributed by atoms with E-state index in [9.17, 15) is 18.0 Å². The third-order valence-corrected chi connectivity index (χ3v) is 4.05. The number of halogens is 3. The number of nitrogens with one attached hydrogen (secondary N) is 2. The van der Waals surface area contributed by atoms with E-state index in [1.165, 1.54) is 13.2 Å². The molecule has 138 valence electrons. The summed E-state index contributed by atoms with van der Waals surface area (Å²) >= 11 is 0. The van der Waals surface area contributed by atoms with Gasteiger partial charge in [-0.25, -0.2) is 0 Å². The van der Waals surface area contributed by atoms with Crippen molar-refractivity contribution in [3.63, 3.8) is 0 Å². The van der Waals surface area contributed by atoms with Crippen molar-refractivity contribution in [1.82, 2.24) is 5.32 Å². The van der Waals surface area contributed by atoms with Crippen LogP contribution in [0.1, 0.15) is 42.6 Å². The normalized spacial score (nSPS) is 11.7. The summed E-state index contributed by atoms with van der Waals surface area (Å²) in [5.41, 5.74) is -1.60. The van der Waals surface area contributed by atoms with E-state index in [0.717, 1.165) is 12.1 Å². The molecule has 0 saturated heterocycles. The second kappa shape index (κ2) is 8.77. The first-order valence-corrected chi connectivity index (χ1v) is 7.97. The Labute approximate surface area is 146 Å². The van der Waals surface area contributed by atoms with Crippen LogP contribution in [0.4, 0.5) is 18.9 Å². The zero-order valence-corrected chi connectivity index (χ0v) is 14.6. The summed E-state index contributed by atoms with van der Waals surface area (Å²) in [4.78, 5) is 12.6. The average Bonchev–Trinajstić information content (AvgIpc) is 2.59. The Morgan fingerprint density at radius 2 is 1.92 bits per heavy atom. The molecule has 1 aromatic rings. The predicted octanol–water partition coefficient (Wildman–Crippen LogP) is 3.69. The highest BCUT2D eigenvalue weighted by molar-refractivity contribution is 6.00. The second-order valence-electron chi connectivity index (χ2n) is 5.57. The van der Waals surface area contributed by atoms with E-state index < -0.39 is 23.2 Å². The fraction of sp³-hybridized carbons (Fsp3) is 0.500. The van der Waals surface area contributed by atoms with Gasteiger partial charge in [-0.05, 0) is 31.0 Å². The van der Waals surface area contributed by atoms with Crippen molar-refractivity contribution in [2.75, 3.05) is 25.6 Å². The lowest BCUT2D eigenvalue weighted by molar-refractivity contribution is -0.137. The molecule has 0 fully saturated rings. The maximum atomic E-state index is 13.0. The van der Waals surface area contributed by atoms with Crippen LogP contribution in [0.5, 0.6) is 0 Å². The summed E-state index contributed by atoms with van der Waals surface area (Å²) in [5.74, 6) is 1.89. The molecular formula is C18H23F3N2O2. The molecule has 0 spiro atoms. The summed E-state index contributed by atoms with van der Waals surface area (Å²) < 4.78 is 43.9. The van der Waals surface area contributed by atoms with E-state index in [1.54, 1.807) is 0 Å². The van der Waals surface area contributed by atoms with Gasteiger partial charge >= 0.3 is 6.18 Å². The van der Waals surface area contributed by atoms with Crippen LogP contribution < -0.4 is 10.6 Å². The number of ether oxygens (including phenoxy) is 1. The standard InChI is InChI=1S/C18H23F3N2O2/c1-5-17(6-2,7-3)23-16(24)14-12-13(18(19,20)21)8-9-15(14)22-10-11-25-4/h1,8-9,12,22H,6-7,10-11H2,2-4H3,(H,23,24). The van der Waals surface area contributed by atoms with Gasteiger partial charge in [0.2, 0.25) is 0 Å². The highest BCUT2D eigenvalue weighted by atomic mass is 19.4. The SMILES string of the molecule is C#CC(CC)(CC)NC(=O)c1cc(C(F)(F)F)ccc1NCCOC. The Bertz CT molecular complexity index is 632. The zero-order chi connectivity index (χ0) is 19.1. The van der Waals surface area contributed by atoms with Gasteiger partial charge in [-0.1, -0.05) is 19.8 Å². The molecule has 4 nitrogen and oxygen atoms in total. The number of hydrogen-bond donors (Lipinski definition) is 2. The smallest absolute Gasteiger partial charge is 0.383 e. The lowest BCUT2D eigenvalue weighted by atomic mass is 9.93. The number of anilines is 1. The highest BCUT2D eigenvalue weighted by Gasteiger charge is 2.33. The fourth-order valence-electron chi connectivity index (χ4n) is 2.30. The molecule has 0 unspecified atom stereocenters. The van der Waals surface area contributed by atoms with E-state index in [4.69, 9.17) is 11.2 Å². The highest BCUT2D eigenvalue weighted by Crippen LogP contribution is 2.32. The molecule has 1 amide bonds. The number of carbonyl (C=O) groups excluding carboxylic acids is 1. The quantitative estimate of drug-likeness (QED) is 0.552. The summed E-state index contributed by atoms with van der Waals surface area (Å²) in [7, 11) is 1.51. The molecule has 0 bridgehead atoms. The average molecular weight is 356 g/mol. The van der Waals surface area contributed by atoms with Crippen LogP contribution in [0.3, 0.4) is 0 Å². The molecule has 25 heavy (non-hydrogen) atoms. The Hall–Kier alpha value is -2.20. The third kappa shape index (κ3) is 5.40. The van der Waals surface area contributed by atoms with Gasteiger partial charge in [-0.3, -0.25) is 4.79 Å². The number of hydrogen-bond acceptors (Lipinski definition) is 3. The van der Waals surface area contributed by atoms with Gasteiger partial charge in [0.1, 0.15) is 5.54 Å². The van der Waals surface area contributed by atoms with Crippen LogP contribution >= 0.6 is 0 Å². The Morgan fingerprint density at radius 1 is 1.28 bits per heavy atom. The number of carbonyl (C=O) groups is 1. The predicted molar refractivity (Wildman–Crippen MR) is 91.4 cm³/mol. The largest absolute Gasteiger partial charge is 0.416 e. The summed E-state index contributed by atoms with van der Waals surface area (Å²) in [6, 6.07) is 3.00. The molecule has 2 N–H and O–H groups in total. The molecule has 0 aromatic heterocycles. The second-order valence-corrected chi connectivity index (χ2v) is 5.57. The molecule has 7 heteroatoms. The maximum absolute atomic E-state index is 13.0. The lowest BCUT2D eigenvalue weighted by Crippen LogP contribution is -2.46. The van der Waals surface area contributed by atoms with Gasteiger partial charge in [-0.15, -0.1) is 6.42 Å². The van der Waals surface area contributed by atoms with E-state index in [1.807, 2.05) is 13.8 Å². The number of terminal acetylenes is 1. The van der Waals surface area contributed by atoms with E-state index in [2.05, 4.69) is 16.6 Å². The molecule has 0 heterocycles. The summed E-state index contributed by atoms with van der Waals surface area (Å²) in [6.45, 7) is 4.32. The number of rotatable bonds is 8. The first kappa shape index (κ1) is 20.8. The van der Waals surface area contributed by atoms with E-state index in [0.29, 0.717) is 31.7 Å². The lowest BCUT2D eigenvalue weighted by Gasteiger charge is -2.27.